The molecule has 0 atom stereocenters. The predicted molar refractivity (Wildman–Crippen MR) is 95.1 cm³/mol. The highest BCUT2D eigenvalue weighted by Crippen LogP contribution is 2.17. The molecule has 0 bridgehead atoms. The minimum Gasteiger partial charge on any atom is -0.322 e. The van der Waals surface area contributed by atoms with Crippen LogP contribution >= 0.6 is 0 Å². The maximum Gasteiger partial charge on any atom is 0.258 e. The van der Waals surface area contributed by atoms with Gasteiger partial charge < -0.3 is 10.6 Å². The molecule has 0 aromatic heterocycles. The third kappa shape index (κ3) is 4.35. The van der Waals surface area contributed by atoms with Crippen LogP contribution in [-0.2, 0) is 0 Å². The maximum absolute atomic E-state index is 13.6. The van der Waals surface area contributed by atoms with Gasteiger partial charge in [0.15, 0.2) is 11.6 Å². The molecule has 3 rings (SSSR count). The fourth-order valence-corrected chi connectivity index (χ4v) is 2.35. The van der Waals surface area contributed by atoms with Crippen LogP contribution in [0.1, 0.15) is 20.7 Å². The van der Waals surface area contributed by atoms with Crippen LogP contribution in [0.25, 0.3) is 0 Å². The lowest BCUT2D eigenvalue weighted by Gasteiger charge is -2.09. The molecule has 4 nitrogen and oxygen atoms in total. The quantitative estimate of drug-likeness (QED) is 0.634. The third-order valence-electron chi connectivity index (χ3n) is 3.76. The Hall–Kier alpha value is -3.68. The summed E-state index contributed by atoms with van der Waals surface area (Å²) in [6.45, 7) is 0. The zero-order valence-corrected chi connectivity index (χ0v) is 14.1. The summed E-state index contributed by atoms with van der Waals surface area (Å²) in [4.78, 5) is 24.1. The summed E-state index contributed by atoms with van der Waals surface area (Å²) in [6.07, 6.45) is 0. The fourth-order valence-electron chi connectivity index (χ4n) is 2.35. The maximum atomic E-state index is 13.6. The summed E-state index contributed by atoms with van der Waals surface area (Å²) in [5.41, 5.74) is 0.250. The zero-order valence-electron chi connectivity index (χ0n) is 14.1. The van der Waals surface area contributed by atoms with E-state index in [0.717, 1.165) is 30.3 Å². The average molecular weight is 388 g/mol. The molecule has 0 spiro atoms. The van der Waals surface area contributed by atoms with Gasteiger partial charge >= 0.3 is 0 Å². The number of hydrogen-bond acceptors (Lipinski definition) is 2. The van der Waals surface area contributed by atoms with Crippen molar-refractivity contribution < 1.29 is 27.2 Å². The molecule has 0 saturated heterocycles. The van der Waals surface area contributed by atoms with E-state index in [4.69, 9.17) is 0 Å². The molecule has 28 heavy (non-hydrogen) atoms. The van der Waals surface area contributed by atoms with Crippen molar-refractivity contribution in [1.82, 2.24) is 0 Å². The molecule has 0 radical (unpaired) electrons. The Bertz CT molecular complexity index is 1050. The fraction of sp³-hybridized carbons (Fsp3) is 0. The topological polar surface area (TPSA) is 58.2 Å². The van der Waals surface area contributed by atoms with Crippen LogP contribution in [0.2, 0.25) is 0 Å². The second-order valence-corrected chi connectivity index (χ2v) is 5.74. The van der Waals surface area contributed by atoms with Gasteiger partial charge in [0, 0.05) is 23.0 Å². The minimum absolute atomic E-state index is 0.0666. The van der Waals surface area contributed by atoms with Crippen molar-refractivity contribution in [2.75, 3.05) is 10.6 Å². The summed E-state index contributed by atoms with van der Waals surface area (Å²) in [6, 6.07) is 11.1. The smallest absolute Gasteiger partial charge is 0.258 e. The highest BCUT2D eigenvalue weighted by atomic mass is 19.2. The Kier molecular flexibility index (Phi) is 5.39. The van der Waals surface area contributed by atoms with Crippen molar-refractivity contribution in [3.05, 3.63) is 95.1 Å². The second kappa shape index (κ2) is 7.91. The Morgan fingerprint density at radius 3 is 1.79 bits per heavy atom. The summed E-state index contributed by atoms with van der Waals surface area (Å²) >= 11 is 0. The first-order valence-electron chi connectivity index (χ1n) is 7.96. The number of anilines is 2. The van der Waals surface area contributed by atoms with E-state index in [0.29, 0.717) is 17.4 Å². The van der Waals surface area contributed by atoms with E-state index in [-0.39, 0.29) is 11.1 Å². The molecular weight excluding hydrogens is 376 g/mol. The highest BCUT2D eigenvalue weighted by molar-refractivity contribution is 6.05. The van der Waals surface area contributed by atoms with E-state index >= 15 is 0 Å². The molecule has 3 aromatic carbocycles. The number of carbonyl (C=O) groups is 2. The molecule has 2 N–H and O–H groups in total. The Morgan fingerprint density at radius 2 is 1.21 bits per heavy atom. The van der Waals surface area contributed by atoms with Gasteiger partial charge in [0.05, 0.1) is 5.56 Å². The summed E-state index contributed by atoms with van der Waals surface area (Å²) in [5, 5.41) is 4.93. The normalized spacial score (nSPS) is 10.4. The van der Waals surface area contributed by atoms with Gasteiger partial charge in [0.25, 0.3) is 11.8 Å². The van der Waals surface area contributed by atoms with Gasteiger partial charge in [0.2, 0.25) is 0 Å². The van der Waals surface area contributed by atoms with E-state index in [1.54, 1.807) is 0 Å². The van der Waals surface area contributed by atoms with Crippen LogP contribution in [-0.4, -0.2) is 11.8 Å². The van der Waals surface area contributed by atoms with E-state index in [2.05, 4.69) is 10.6 Å². The van der Waals surface area contributed by atoms with Crippen LogP contribution < -0.4 is 10.6 Å². The van der Waals surface area contributed by atoms with Crippen molar-refractivity contribution in [1.29, 1.82) is 0 Å². The average Bonchev–Trinajstić information content (AvgIpc) is 2.65. The van der Waals surface area contributed by atoms with Crippen LogP contribution in [0, 0.1) is 23.3 Å². The van der Waals surface area contributed by atoms with Crippen LogP contribution in [0.3, 0.4) is 0 Å². The van der Waals surface area contributed by atoms with Gasteiger partial charge in [0.1, 0.15) is 11.6 Å². The van der Waals surface area contributed by atoms with Gasteiger partial charge in [-0.3, -0.25) is 9.59 Å². The SMILES string of the molecule is O=C(Nc1ccc(NC(=O)c2ccc(F)cc2F)cc1)c1ccc(F)c(F)c1. The Balaban J connectivity index is 1.66. The molecule has 0 aliphatic heterocycles. The second-order valence-electron chi connectivity index (χ2n) is 5.74. The van der Waals surface area contributed by atoms with Gasteiger partial charge in [-0.05, 0) is 54.6 Å². The lowest BCUT2D eigenvalue weighted by atomic mass is 10.1. The number of hydrogen-bond donors (Lipinski definition) is 2. The molecule has 0 aliphatic rings. The molecule has 0 unspecified atom stereocenters. The van der Waals surface area contributed by atoms with Crippen LogP contribution in [0.4, 0.5) is 28.9 Å². The number of carbonyl (C=O) groups excluding carboxylic acids is 2. The molecular formula is C20H12F4N2O2. The van der Waals surface area contributed by atoms with Gasteiger partial charge in [-0.15, -0.1) is 0 Å². The van der Waals surface area contributed by atoms with Gasteiger partial charge in [-0.1, -0.05) is 0 Å². The molecule has 0 fully saturated rings. The van der Waals surface area contributed by atoms with E-state index < -0.39 is 35.1 Å². The number of benzene rings is 3. The molecule has 142 valence electrons. The summed E-state index contributed by atoms with van der Waals surface area (Å²) in [7, 11) is 0. The van der Waals surface area contributed by atoms with Crippen molar-refractivity contribution in [2.24, 2.45) is 0 Å². The molecule has 8 heteroatoms. The first-order chi connectivity index (χ1) is 13.3. The lowest BCUT2D eigenvalue weighted by molar-refractivity contribution is 0.101. The first-order valence-corrected chi connectivity index (χ1v) is 7.96. The van der Waals surface area contributed by atoms with Gasteiger partial charge in [-0.25, -0.2) is 17.6 Å². The highest BCUT2D eigenvalue weighted by Gasteiger charge is 2.13. The molecule has 3 aromatic rings. The number of rotatable bonds is 4. The van der Waals surface area contributed by atoms with Crippen LogP contribution in [0.15, 0.2) is 60.7 Å². The van der Waals surface area contributed by atoms with Crippen molar-refractivity contribution >= 4 is 23.2 Å². The van der Waals surface area contributed by atoms with Gasteiger partial charge in [-0.2, -0.15) is 0 Å². The molecule has 0 saturated carbocycles. The monoisotopic (exact) mass is 388 g/mol. The predicted octanol–water partition coefficient (Wildman–Crippen LogP) is 4.75. The summed E-state index contributed by atoms with van der Waals surface area (Å²) < 4.78 is 52.7. The zero-order chi connectivity index (χ0) is 20.3. The van der Waals surface area contributed by atoms with Crippen molar-refractivity contribution in [3.8, 4) is 0 Å². The largest absolute Gasteiger partial charge is 0.322 e. The number of amides is 2. The third-order valence-corrected chi connectivity index (χ3v) is 3.76. The lowest BCUT2D eigenvalue weighted by Crippen LogP contribution is -2.14. The van der Waals surface area contributed by atoms with Crippen molar-refractivity contribution in [3.63, 3.8) is 0 Å². The molecule has 0 heterocycles. The first kappa shape index (κ1) is 19.1. The Morgan fingerprint density at radius 1 is 0.607 bits per heavy atom. The van der Waals surface area contributed by atoms with E-state index in [1.165, 1.54) is 24.3 Å². The Labute approximate surface area is 156 Å². The standard InChI is InChI=1S/C20H12F4N2O2/c21-12-2-7-15(17(23)10-12)20(28)26-14-5-3-13(4-6-14)25-19(27)11-1-8-16(22)18(24)9-11/h1-10H,(H,25,27)(H,26,28). The van der Waals surface area contributed by atoms with E-state index in [1.807, 2.05) is 0 Å². The summed E-state index contributed by atoms with van der Waals surface area (Å²) in [5.74, 6) is -5.41. The minimum atomic E-state index is -1.14. The van der Waals surface area contributed by atoms with E-state index in [9.17, 15) is 27.2 Å². The molecule has 0 aliphatic carbocycles. The molecule has 2 amide bonds. The van der Waals surface area contributed by atoms with Crippen molar-refractivity contribution in [2.45, 2.75) is 0 Å². The van der Waals surface area contributed by atoms with Crippen LogP contribution in [0.5, 0.6) is 0 Å². The number of nitrogens with one attached hydrogen (secondary N) is 2. The number of halogens is 4.